The maximum absolute atomic E-state index is 12.5. The number of amides is 1. The second-order valence-corrected chi connectivity index (χ2v) is 6.60. The van der Waals surface area contributed by atoms with Crippen LogP contribution in [0.4, 0.5) is 0 Å². The first-order valence-electron chi connectivity index (χ1n) is 8.96. The molecule has 0 unspecified atom stereocenters. The molecule has 1 aromatic heterocycles. The molecule has 5 heteroatoms. The van der Waals surface area contributed by atoms with Crippen LogP contribution in [0.3, 0.4) is 0 Å². The Morgan fingerprint density at radius 1 is 0.893 bits per heavy atom. The molecule has 0 aliphatic heterocycles. The fraction of sp³-hybridized carbons (Fsp3) is 0.0870. The fourth-order valence-electron chi connectivity index (χ4n) is 3.48. The fourth-order valence-corrected chi connectivity index (χ4v) is 3.48. The molecule has 1 atom stereocenters. The topological polar surface area (TPSA) is 79.3 Å². The van der Waals surface area contributed by atoms with E-state index < -0.39 is 17.9 Å². The van der Waals surface area contributed by atoms with E-state index in [-0.39, 0.29) is 6.42 Å². The van der Waals surface area contributed by atoms with Crippen molar-refractivity contribution in [3.05, 3.63) is 90.3 Å². The quantitative estimate of drug-likeness (QED) is 0.524. The van der Waals surface area contributed by atoms with Crippen LogP contribution >= 0.6 is 0 Å². The van der Waals surface area contributed by atoms with Gasteiger partial charge in [0.2, 0.25) is 0 Å². The summed E-state index contributed by atoms with van der Waals surface area (Å²) in [4.78, 5) is 28.3. The van der Waals surface area contributed by atoms with Crippen LogP contribution in [0.25, 0.3) is 21.5 Å². The lowest BCUT2D eigenvalue weighted by Crippen LogP contribution is -2.42. The van der Waals surface area contributed by atoms with Crippen molar-refractivity contribution in [2.45, 2.75) is 12.5 Å². The van der Waals surface area contributed by atoms with E-state index in [1.807, 2.05) is 48.5 Å². The molecule has 0 spiro atoms. The first-order chi connectivity index (χ1) is 13.6. The van der Waals surface area contributed by atoms with Crippen LogP contribution in [0.1, 0.15) is 15.9 Å². The molecule has 28 heavy (non-hydrogen) atoms. The first kappa shape index (κ1) is 17.7. The number of carboxylic acids is 1. The molecule has 1 amide bonds. The van der Waals surface area contributed by atoms with Gasteiger partial charge in [-0.3, -0.25) is 9.78 Å². The first-order valence-corrected chi connectivity index (χ1v) is 8.96. The van der Waals surface area contributed by atoms with Crippen molar-refractivity contribution >= 4 is 33.4 Å². The number of benzene rings is 3. The van der Waals surface area contributed by atoms with E-state index in [2.05, 4.69) is 16.4 Å². The molecular weight excluding hydrogens is 352 g/mol. The molecule has 0 aliphatic carbocycles. The summed E-state index contributed by atoms with van der Waals surface area (Å²) < 4.78 is 0. The third kappa shape index (κ3) is 3.42. The minimum Gasteiger partial charge on any atom is -0.480 e. The molecule has 0 saturated carbocycles. The number of aromatic nitrogens is 1. The zero-order chi connectivity index (χ0) is 19.5. The number of carbonyl (C=O) groups excluding carboxylic acids is 1. The molecule has 138 valence electrons. The molecule has 5 nitrogen and oxygen atoms in total. The molecular formula is C23H18N2O3. The van der Waals surface area contributed by atoms with Crippen LogP contribution in [0.15, 0.2) is 79.1 Å². The van der Waals surface area contributed by atoms with E-state index >= 15 is 0 Å². The predicted molar refractivity (Wildman–Crippen MR) is 108 cm³/mol. The molecule has 0 fully saturated rings. The van der Waals surface area contributed by atoms with Crippen LogP contribution in [-0.4, -0.2) is 28.0 Å². The largest absolute Gasteiger partial charge is 0.480 e. The minimum atomic E-state index is -1.07. The highest BCUT2D eigenvalue weighted by molar-refractivity contribution is 6.03. The van der Waals surface area contributed by atoms with Gasteiger partial charge in [-0.15, -0.1) is 0 Å². The average Bonchev–Trinajstić information content (AvgIpc) is 2.73. The van der Waals surface area contributed by atoms with Crippen molar-refractivity contribution in [1.82, 2.24) is 10.3 Å². The Balaban J connectivity index is 1.75. The summed E-state index contributed by atoms with van der Waals surface area (Å²) in [6.45, 7) is 0. The Labute approximate surface area is 161 Å². The van der Waals surface area contributed by atoms with Gasteiger partial charge in [0.25, 0.3) is 5.91 Å². The number of nitrogens with one attached hydrogen (secondary N) is 1. The number of hydrogen-bond acceptors (Lipinski definition) is 3. The number of hydrogen-bond donors (Lipinski definition) is 2. The molecule has 0 bridgehead atoms. The monoisotopic (exact) mass is 370 g/mol. The minimum absolute atomic E-state index is 0.189. The second kappa shape index (κ2) is 7.48. The van der Waals surface area contributed by atoms with Gasteiger partial charge in [0.1, 0.15) is 6.04 Å². The highest BCUT2D eigenvalue weighted by Gasteiger charge is 2.23. The Morgan fingerprint density at radius 3 is 2.04 bits per heavy atom. The number of rotatable bonds is 5. The van der Waals surface area contributed by atoms with Crippen molar-refractivity contribution in [1.29, 1.82) is 0 Å². The van der Waals surface area contributed by atoms with Gasteiger partial charge in [-0.25, -0.2) is 4.79 Å². The number of carboxylic acid groups (broad SMARTS) is 1. The van der Waals surface area contributed by atoms with Crippen molar-refractivity contribution in [2.75, 3.05) is 0 Å². The molecule has 0 radical (unpaired) electrons. The van der Waals surface area contributed by atoms with Crippen LogP contribution in [0.5, 0.6) is 0 Å². The maximum Gasteiger partial charge on any atom is 0.326 e. The van der Waals surface area contributed by atoms with E-state index in [4.69, 9.17) is 0 Å². The van der Waals surface area contributed by atoms with Crippen LogP contribution in [0, 0.1) is 0 Å². The molecule has 0 aliphatic rings. The van der Waals surface area contributed by atoms with Crippen molar-refractivity contribution in [2.24, 2.45) is 0 Å². The van der Waals surface area contributed by atoms with E-state index in [9.17, 15) is 14.7 Å². The third-order valence-corrected chi connectivity index (χ3v) is 4.84. The van der Waals surface area contributed by atoms with Gasteiger partial charge in [-0.05, 0) is 45.3 Å². The van der Waals surface area contributed by atoms with Crippen LogP contribution in [-0.2, 0) is 11.2 Å². The van der Waals surface area contributed by atoms with E-state index in [0.717, 1.165) is 27.1 Å². The highest BCUT2D eigenvalue weighted by Crippen LogP contribution is 2.29. The SMILES string of the molecule is O=C(N[C@@H](Cc1c2ccccc2cc2ccccc12)C(=O)O)c1ccncc1. The molecule has 2 N–H and O–H groups in total. The lowest BCUT2D eigenvalue weighted by atomic mass is 9.92. The molecule has 3 aromatic carbocycles. The summed E-state index contributed by atoms with van der Waals surface area (Å²) in [7, 11) is 0. The highest BCUT2D eigenvalue weighted by atomic mass is 16.4. The van der Waals surface area contributed by atoms with Gasteiger partial charge >= 0.3 is 5.97 Å². The number of fused-ring (bicyclic) bond motifs is 2. The summed E-state index contributed by atoms with van der Waals surface area (Å²) in [5.41, 5.74) is 1.29. The average molecular weight is 370 g/mol. The van der Waals surface area contributed by atoms with Gasteiger partial charge in [-0.2, -0.15) is 0 Å². The van der Waals surface area contributed by atoms with E-state index in [1.54, 1.807) is 12.1 Å². The summed E-state index contributed by atoms with van der Waals surface area (Å²) in [5.74, 6) is -1.50. The molecule has 0 saturated heterocycles. The van der Waals surface area contributed by atoms with Gasteiger partial charge in [0.05, 0.1) is 0 Å². The number of aliphatic carboxylic acids is 1. The molecule has 4 rings (SSSR count). The Hall–Kier alpha value is -3.73. The van der Waals surface area contributed by atoms with Gasteiger partial charge < -0.3 is 10.4 Å². The Morgan fingerprint density at radius 2 is 1.46 bits per heavy atom. The lowest BCUT2D eigenvalue weighted by Gasteiger charge is -2.18. The maximum atomic E-state index is 12.5. The summed E-state index contributed by atoms with van der Waals surface area (Å²) in [6, 6.07) is 20.0. The zero-order valence-corrected chi connectivity index (χ0v) is 15.0. The number of pyridine rings is 1. The van der Waals surface area contributed by atoms with Gasteiger partial charge in [-0.1, -0.05) is 48.5 Å². The smallest absolute Gasteiger partial charge is 0.326 e. The Kier molecular flexibility index (Phi) is 4.72. The van der Waals surface area contributed by atoms with Gasteiger partial charge in [0.15, 0.2) is 0 Å². The van der Waals surface area contributed by atoms with Crippen molar-refractivity contribution in [3.8, 4) is 0 Å². The second-order valence-electron chi connectivity index (χ2n) is 6.60. The van der Waals surface area contributed by atoms with E-state index in [1.165, 1.54) is 12.4 Å². The summed E-state index contributed by atoms with van der Waals surface area (Å²) >= 11 is 0. The third-order valence-electron chi connectivity index (χ3n) is 4.84. The lowest BCUT2D eigenvalue weighted by molar-refractivity contribution is -0.139. The van der Waals surface area contributed by atoms with E-state index in [0.29, 0.717) is 5.56 Å². The molecule has 1 heterocycles. The number of carbonyl (C=O) groups is 2. The zero-order valence-electron chi connectivity index (χ0n) is 15.0. The van der Waals surface area contributed by atoms with Crippen molar-refractivity contribution in [3.63, 3.8) is 0 Å². The Bertz CT molecular complexity index is 1120. The van der Waals surface area contributed by atoms with Crippen molar-refractivity contribution < 1.29 is 14.7 Å². The normalized spacial score (nSPS) is 12.0. The van der Waals surface area contributed by atoms with Gasteiger partial charge in [0, 0.05) is 24.4 Å². The molecule has 4 aromatic rings. The number of nitrogens with zero attached hydrogens (tertiary/aromatic N) is 1. The van der Waals surface area contributed by atoms with Crippen LogP contribution < -0.4 is 5.32 Å². The summed E-state index contributed by atoms with van der Waals surface area (Å²) in [6.07, 6.45) is 3.19. The predicted octanol–water partition coefficient (Wildman–Crippen LogP) is 3.81. The summed E-state index contributed by atoms with van der Waals surface area (Å²) in [5, 5.41) is 16.5. The van der Waals surface area contributed by atoms with Crippen LogP contribution in [0.2, 0.25) is 0 Å². The standard InChI is InChI=1S/C23H18N2O3/c26-22(15-9-11-24-12-10-15)25-21(23(27)28)14-20-18-7-3-1-5-16(18)13-17-6-2-4-8-19(17)20/h1-13,21H,14H2,(H,25,26)(H,27,28)/t21-/m0/s1.